The molecule has 0 aliphatic rings. The lowest BCUT2D eigenvalue weighted by Crippen LogP contribution is -1.90. The maximum absolute atomic E-state index is 13.2. The third-order valence-electron chi connectivity index (χ3n) is 2.22. The summed E-state index contributed by atoms with van der Waals surface area (Å²) in [5, 5.41) is 0. The van der Waals surface area contributed by atoms with Gasteiger partial charge in [-0.1, -0.05) is 24.3 Å². The monoisotopic (exact) mass is 265 g/mol. The van der Waals surface area contributed by atoms with Crippen molar-refractivity contribution < 1.29 is 4.39 Å². The largest absolute Gasteiger partial charge is 0.227 e. The lowest BCUT2D eigenvalue weighted by atomic mass is 10.1. The molecule has 0 N–H and O–H groups in total. The maximum atomic E-state index is 13.2. The van der Waals surface area contributed by atoms with Crippen LogP contribution >= 0.6 is 15.9 Å². The number of rotatable bonds is 1. The van der Waals surface area contributed by atoms with Crippen molar-refractivity contribution >= 4 is 15.9 Å². The van der Waals surface area contributed by atoms with E-state index in [2.05, 4.69) is 20.9 Å². The average molecular weight is 266 g/mol. The quantitative estimate of drug-likeness (QED) is 0.712. The van der Waals surface area contributed by atoms with Gasteiger partial charge < -0.3 is 0 Å². The molecule has 1 heterocycles. The normalized spacial score (nSPS) is 10.3. The molecular formula is C12H9BrFN. The molecule has 0 radical (unpaired) electrons. The predicted molar refractivity (Wildman–Crippen MR) is 62.1 cm³/mol. The Kier molecular flexibility index (Phi) is 2.82. The highest BCUT2D eigenvalue weighted by atomic mass is 79.9. The minimum atomic E-state index is -0.476. The zero-order valence-corrected chi connectivity index (χ0v) is 9.75. The van der Waals surface area contributed by atoms with Crippen LogP contribution in [0, 0.1) is 12.9 Å². The minimum Gasteiger partial charge on any atom is -0.219 e. The number of benzene rings is 1. The Balaban J connectivity index is 2.55. The number of aromatic nitrogens is 1. The van der Waals surface area contributed by atoms with E-state index < -0.39 is 5.95 Å². The van der Waals surface area contributed by atoms with E-state index in [-0.39, 0.29) is 0 Å². The molecule has 2 aromatic rings. The van der Waals surface area contributed by atoms with Gasteiger partial charge >= 0.3 is 0 Å². The molecule has 0 spiro atoms. The number of hydrogen-bond acceptors (Lipinski definition) is 1. The number of nitrogens with zero attached hydrogens (tertiary/aromatic N) is 1. The smallest absolute Gasteiger partial charge is 0.219 e. The summed E-state index contributed by atoms with van der Waals surface area (Å²) in [6.45, 7) is 1.98. The number of halogens is 2. The van der Waals surface area contributed by atoms with Gasteiger partial charge in [-0.15, -0.1) is 0 Å². The number of pyridine rings is 1. The van der Waals surface area contributed by atoms with Crippen LogP contribution in [0.1, 0.15) is 5.56 Å². The van der Waals surface area contributed by atoms with E-state index in [0.29, 0.717) is 10.2 Å². The molecule has 15 heavy (non-hydrogen) atoms. The SMILES string of the molecule is Cc1ccccc1-c1ccc(Br)c(F)n1. The van der Waals surface area contributed by atoms with Crippen molar-refractivity contribution in [1.82, 2.24) is 4.98 Å². The fraction of sp³-hybridized carbons (Fsp3) is 0.0833. The van der Waals surface area contributed by atoms with Gasteiger partial charge in [-0.2, -0.15) is 4.39 Å². The van der Waals surface area contributed by atoms with Gasteiger partial charge in [-0.3, -0.25) is 0 Å². The minimum absolute atomic E-state index is 0.389. The molecule has 0 saturated carbocycles. The molecule has 0 bridgehead atoms. The molecule has 0 saturated heterocycles. The van der Waals surface area contributed by atoms with Crippen molar-refractivity contribution in [3.63, 3.8) is 0 Å². The van der Waals surface area contributed by atoms with Gasteiger partial charge in [0.25, 0.3) is 0 Å². The molecule has 76 valence electrons. The summed E-state index contributed by atoms with van der Waals surface area (Å²) in [5.41, 5.74) is 2.71. The highest BCUT2D eigenvalue weighted by molar-refractivity contribution is 9.10. The lowest BCUT2D eigenvalue weighted by Gasteiger charge is -2.04. The molecular weight excluding hydrogens is 257 g/mol. The average Bonchev–Trinajstić information content (AvgIpc) is 2.23. The van der Waals surface area contributed by atoms with Crippen LogP contribution in [-0.4, -0.2) is 4.98 Å². The summed E-state index contributed by atoms with van der Waals surface area (Å²) in [4.78, 5) is 3.89. The van der Waals surface area contributed by atoms with Gasteiger partial charge in [-0.25, -0.2) is 4.98 Å². The fourth-order valence-electron chi connectivity index (χ4n) is 1.43. The van der Waals surface area contributed by atoms with E-state index in [9.17, 15) is 4.39 Å². The molecule has 2 rings (SSSR count). The summed E-state index contributed by atoms with van der Waals surface area (Å²) in [7, 11) is 0. The van der Waals surface area contributed by atoms with Crippen LogP contribution in [0.2, 0.25) is 0 Å². The fourth-order valence-corrected chi connectivity index (χ4v) is 1.65. The van der Waals surface area contributed by atoms with E-state index >= 15 is 0 Å². The third-order valence-corrected chi connectivity index (χ3v) is 2.82. The van der Waals surface area contributed by atoms with E-state index in [1.807, 2.05) is 31.2 Å². The summed E-state index contributed by atoms with van der Waals surface area (Å²) in [6, 6.07) is 11.3. The first-order chi connectivity index (χ1) is 7.18. The van der Waals surface area contributed by atoms with Crippen LogP contribution in [0.15, 0.2) is 40.9 Å². The van der Waals surface area contributed by atoms with Gasteiger partial charge in [0.1, 0.15) is 0 Å². The highest BCUT2D eigenvalue weighted by Gasteiger charge is 2.06. The van der Waals surface area contributed by atoms with Crippen molar-refractivity contribution in [2.75, 3.05) is 0 Å². The number of hydrogen-bond donors (Lipinski definition) is 0. The molecule has 0 aliphatic carbocycles. The van der Waals surface area contributed by atoms with E-state index in [4.69, 9.17) is 0 Å². The Bertz CT molecular complexity index is 497. The summed E-state index contributed by atoms with van der Waals surface area (Å²) < 4.78 is 13.6. The lowest BCUT2D eigenvalue weighted by molar-refractivity contribution is 0.578. The summed E-state index contributed by atoms with van der Waals surface area (Å²) in [6.07, 6.45) is 0. The molecule has 3 heteroatoms. The molecule has 0 amide bonds. The Morgan fingerprint density at radius 1 is 1.13 bits per heavy atom. The Morgan fingerprint density at radius 2 is 1.87 bits per heavy atom. The van der Waals surface area contributed by atoms with Crippen molar-refractivity contribution in [2.24, 2.45) is 0 Å². The molecule has 1 aromatic carbocycles. The molecule has 0 fully saturated rings. The van der Waals surface area contributed by atoms with Crippen LogP contribution in [0.3, 0.4) is 0 Å². The molecule has 0 atom stereocenters. The van der Waals surface area contributed by atoms with Gasteiger partial charge in [0, 0.05) is 5.56 Å². The van der Waals surface area contributed by atoms with E-state index in [0.717, 1.165) is 11.1 Å². The predicted octanol–water partition coefficient (Wildman–Crippen LogP) is 3.96. The van der Waals surface area contributed by atoms with Crippen LogP contribution in [0.5, 0.6) is 0 Å². The van der Waals surface area contributed by atoms with Crippen LogP contribution in [-0.2, 0) is 0 Å². The second-order valence-electron chi connectivity index (χ2n) is 3.28. The zero-order valence-electron chi connectivity index (χ0n) is 8.17. The highest BCUT2D eigenvalue weighted by Crippen LogP contribution is 2.23. The topological polar surface area (TPSA) is 12.9 Å². The van der Waals surface area contributed by atoms with Crippen molar-refractivity contribution in [1.29, 1.82) is 0 Å². The molecule has 1 aromatic heterocycles. The van der Waals surface area contributed by atoms with Crippen molar-refractivity contribution in [3.05, 3.63) is 52.4 Å². The van der Waals surface area contributed by atoms with E-state index in [1.54, 1.807) is 12.1 Å². The summed E-state index contributed by atoms with van der Waals surface area (Å²) >= 11 is 3.08. The Morgan fingerprint density at radius 3 is 2.53 bits per heavy atom. The van der Waals surface area contributed by atoms with Crippen LogP contribution in [0.4, 0.5) is 4.39 Å². The van der Waals surface area contributed by atoms with Gasteiger partial charge in [0.15, 0.2) is 0 Å². The maximum Gasteiger partial charge on any atom is 0.227 e. The third kappa shape index (κ3) is 2.07. The van der Waals surface area contributed by atoms with Crippen LogP contribution < -0.4 is 0 Å². The standard InChI is InChI=1S/C12H9BrFN/c1-8-4-2-3-5-9(8)11-7-6-10(13)12(14)15-11/h2-7H,1H3. The second kappa shape index (κ2) is 4.11. The first kappa shape index (κ1) is 10.3. The number of aryl methyl sites for hydroxylation is 1. The van der Waals surface area contributed by atoms with Crippen molar-refractivity contribution in [2.45, 2.75) is 6.92 Å². The first-order valence-electron chi connectivity index (χ1n) is 4.56. The van der Waals surface area contributed by atoms with Gasteiger partial charge in [-0.05, 0) is 40.5 Å². The Hall–Kier alpha value is -1.22. The first-order valence-corrected chi connectivity index (χ1v) is 5.36. The molecule has 0 aliphatic heterocycles. The molecule has 0 unspecified atom stereocenters. The zero-order chi connectivity index (χ0) is 10.8. The van der Waals surface area contributed by atoms with E-state index in [1.165, 1.54) is 0 Å². The van der Waals surface area contributed by atoms with Crippen LogP contribution in [0.25, 0.3) is 11.3 Å². The molecule has 1 nitrogen and oxygen atoms in total. The second-order valence-corrected chi connectivity index (χ2v) is 4.14. The van der Waals surface area contributed by atoms with Crippen molar-refractivity contribution in [3.8, 4) is 11.3 Å². The summed E-state index contributed by atoms with van der Waals surface area (Å²) in [5.74, 6) is -0.476. The van der Waals surface area contributed by atoms with Gasteiger partial charge in [0.05, 0.1) is 10.2 Å². The van der Waals surface area contributed by atoms with Gasteiger partial charge in [0.2, 0.25) is 5.95 Å². The Labute approximate surface area is 96.1 Å².